The largest absolute Gasteiger partial charge is 0.424 e. The maximum absolute atomic E-state index is 10.8. The van der Waals surface area contributed by atoms with Crippen LogP contribution in [0.1, 0.15) is 5.56 Å². The van der Waals surface area contributed by atoms with Gasteiger partial charge in [-0.1, -0.05) is 0 Å². The Morgan fingerprint density at radius 3 is 2.36 bits per heavy atom. The smallest absolute Gasteiger partial charge is 0.377 e. The quantitative estimate of drug-likeness (QED) is 0.400. The van der Waals surface area contributed by atoms with Crippen LogP contribution in [0.4, 0.5) is 0 Å². The molecule has 0 aliphatic heterocycles. The second-order valence-corrected chi connectivity index (χ2v) is 4.12. The molecule has 1 aromatic rings. The minimum Gasteiger partial charge on any atom is -0.424 e. The fraction of sp³-hybridized carbons (Fsp3) is 0. The lowest BCUT2D eigenvalue weighted by molar-refractivity contribution is 0.391. The highest BCUT2D eigenvalue weighted by molar-refractivity contribution is 7.54. The van der Waals surface area contributed by atoms with Gasteiger partial charge in [-0.25, -0.2) is 4.57 Å². The molecule has 1 unspecified atom stereocenters. The first-order chi connectivity index (χ1) is 6.38. The van der Waals surface area contributed by atoms with Crippen molar-refractivity contribution in [3.8, 4) is 5.75 Å². The van der Waals surface area contributed by atoms with Gasteiger partial charge >= 0.3 is 7.60 Å². The van der Waals surface area contributed by atoms with Crippen LogP contribution < -0.4 is 10.3 Å². The second-order valence-electron chi connectivity index (χ2n) is 2.67. The van der Waals surface area contributed by atoms with E-state index in [-0.39, 0.29) is 11.6 Å². The SMILES string of the molecule is [CH2]P(=O)(O)Oc1ccc(C(=N)N)cc1. The Labute approximate surface area is 81.6 Å². The molecule has 4 N–H and O–H groups in total. The summed E-state index contributed by atoms with van der Waals surface area (Å²) >= 11 is 0. The summed E-state index contributed by atoms with van der Waals surface area (Å²) < 4.78 is 15.4. The lowest BCUT2D eigenvalue weighted by Crippen LogP contribution is -2.10. The van der Waals surface area contributed by atoms with E-state index >= 15 is 0 Å². The topological polar surface area (TPSA) is 96.4 Å². The molecule has 0 heterocycles. The maximum Gasteiger partial charge on any atom is 0.377 e. The maximum atomic E-state index is 10.8. The van der Waals surface area contributed by atoms with Gasteiger partial charge in [0.2, 0.25) is 0 Å². The highest BCUT2D eigenvalue weighted by atomic mass is 31.2. The molecule has 0 aromatic heterocycles. The highest BCUT2D eigenvalue weighted by Gasteiger charge is 2.11. The molecule has 6 heteroatoms. The van der Waals surface area contributed by atoms with E-state index in [1.807, 2.05) is 0 Å². The van der Waals surface area contributed by atoms with E-state index in [4.69, 9.17) is 16.0 Å². The fourth-order valence-corrected chi connectivity index (χ4v) is 1.31. The average Bonchev–Trinajstić information content (AvgIpc) is 2.02. The Balaban J connectivity index is 2.84. The summed E-state index contributed by atoms with van der Waals surface area (Å²) in [7, 11) is -3.76. The van der Waals surface area contributed by atoms with E-state index in [0.717, 1.165) is 0 Å². The first-order valence-electron chi connectivity index (χ1n) is 3.70. The monoisotopic (exact) mass is 213 g/mol. The van der Waals surface area contributed by atoms with E-state index in [0.29, 0.717) is 5.56 Å². The number of hydrogen-bond donors (Lipinski definition) is 3. The molecule has 0 saturated heterocycles. The predicted molar refractivity (Wildman–Crippen MR) is 53.3 cm³/mol. The van der Waals surface area contributed by atoms with Crippen LogP contribution in [0.3, 0.4) is 0 Å². The summed E-state index contributed by atoms with van der Waals surface area (Å²) in [5, 5.41) is 7.11. The van der Waals surface area contributed by atoms with E-state index in [2.05, 4.69) is 11.2 Å². The molecule has 0 aliphatic carbocycles. The van der Waals surface area contributed by atoms with Gasteiger partial charge in [-0.05, 0) is 24.3 Å². The molecule has 0 aliphatic rings. The van der Waals surface area contributed by atoms with Crippen LogP contribution in [0, 0.1) is 12.1 Å². The zero-order chi connectivity index (χ0) is 10.8. The van der Waals surface area contributed by atoms with Crippen molar-refractivity contribution >= 4 is 13.4 Å². The van der Waals surface area contributed by atoms with E-state index in [9.17, 15) is 4.57 Å². The molecular formula is C8H10N2O3P. The lowest BCUT2D eigenvalue weighted by atomic mass is 10.2. The fourth-order valence-electron chi connectivity index (χ4n) is 0.860. The van der Waals surface area contributed by atoms with Gasteiger partial charge in [-0.2, -0.15) is 0 Å². The van der Waals surface area contributed by atoms with Gasteiger partial charge in [0.25, 0.3) is 0 Å². The van der Waals surface area contributed by atoms with Gasteiger partial charge in [0, 0.05) is 5.56 Å². The van der Waals surface area contributed by atoms with Crippen molar-refractivity contribution in [3.05, 3.63) is 36.5 Å². The predicted octanol–water partition coefficient (Wildman–Crippen LogP) is 1.33. The average molecular weight is 213 g/mol. The molecule has 1 aromatic carbocycles. The Morgan fingerprint density at radius 2 is 2.00 bits per heavy atom. The summed E-state index contributed by atoms with van der Waals surface area (Å²) in [6.45, 7) is 2.95. The van der Waals surface area contributed by atoms with E-state index in [1.165, 1.54) is 24.3 Å². The zero-order valence-electron chi connectivity index (χ0n) is 7.30. The van der Waals surface area contributed by atoms with E-state index in [1.54, 1.807) is 0 Å². The van der Waals surface area contributed by atoms with Gasteiger partial charge in [-0.15, -0.1) is 0 Å². The third-order valence-corrected chi connectivity index (χ3v) is 1.91. The minimum atomic E-state index is -3.76. The van der Waals surface area contributed by atoms with Crippen LogP contribution in [0.5, 0.6) is 5.75 Å². The summed E-state index contributed by atoms with van der Waals surface area (Å²) in [6.07, 6.45) is 0. The normalized spacial score (nSPS) is 14.4. The van der Waals surface area contributed by atoms with Crippen molar-refractivity contribution in [2.24, 2.45) is 5.73 Å². The third kappa shape index (κ3) is 3.20. The summed E-state index contributed by atoms with van der Waals surface area (Å²) in [5.74, 6) is 0.147. The second kappa shape index (κ2) is 3.82. The van der Waals surface area contributed by atoms with Gasteiger partial charge in [0.1, 0.15) is 11.6 Å². The molecule has 0 bridgehead atoms. The molecule has 0 fully saturated rings. The zero-order valence-corrected chi connectivity index (χ0v) is 8.20. The molecular weight excluding hydrogens is 203 g/mol. The Morgan fingerprint density at radius 1 is 1.50 bits per heavy atom. The summed E-state index contributed by atoms with van der Waals surface area (Å²) in [5.41, 5.74) is 5.74. The number of rotatable bonds is 3. The number of hydrogen-bond acceptors (Lipinski definition) is 3. The molecule has 75 valence electrons. The van der Waals surface area contributed by atoms with Crippen LogP contribution in [0.15, 0.2) is 24.3 Å². The van der Waals surface area contributed by atoms with Crippen molar-refractivity contribution in [2.45, 2.75) is 0 Å². The van der Waals surface area contributed by atoms with Crippen molar-refractivity contribution in [2.75, 3.05) is 0 Å². The lowest BCUT2D eigenvalue weighted by Gasteiger charge is -2.08. The Hall–Kier alpha value is -1.32. The van der Waals surface area contributed by atoms with Gasteiger partial charge < -0.3 is 15.2 Å². The minimum absolute atomic E-state index is 0.0710. The third-order valence-electron chi connectivity index (χ3n) is 1.41. The molecule has 0 amide bonds. The number of nitrogens with one attached hydrogen (secondary N) is 1. The van der Waals surface area contributed by atoms with Crippen LogP contribution in [-0.2, 0) is 4.57 Å². The van der Waals surface area contributed by atoms with Crippen molar-refractivity contribution < 1.29 is 14.0 Å². The van der Waals surface area contributed by atoms with Crippen LogP contribution in [0.25, 0.3) is 0 Å². The molecule has 14 heavy (non-hydrogen) atoms. The van der Waals surface area contributed by atoms with Crippen molar-refractivity contribution in [1.82, 2.24) is 0 Å². The van der Waals surface area contributed by atoms with Gasteiger partial charge in [0.05, 0.1) is 6.66 Å². The highest BCUT2D eigenvalue weighted by Crippen LogP contribution is 2.40. The summed E-state index contributed by atoms with van der Waals surface area (Å²) in [6, 6.07) is 5.94. The van der Waals surface area contributed by atoms with E-state index < -0.39 is 7.60 Å². The molecule has 1 radical (unpaired) electrons. The molecule has 1 rings (SSSR count). The van der Waals surface area contributed by atoms with Gasteiger partial charge in [0.15, 0.2) is 0 Å². The van der Waals surface area contributed by atoms with Crippen LogP contribution in [0.2, 0.25) is 0 Å². The first-order valence-corrected chi connectivity index (χ1v) is 5.46. The number of amidine groups is 1. The Bertz CT molecular complexity index is 382. The van der Waals surface area contributed by atoms with Gasteiger partial charge in [-0.3, -0.25) is 5.41 Å². The Kier molecular flexibility index (Phi) is 2.93. The van der Waals surface area contributed by atoms with Crippen LogP contribution in [-0.4, -0.2) is 10.7 Å². The number of nitrogens with two attached hydrogens (primary N) is 1. The molecule has 0 spiro atoms. The van der Waals surface area contributed by atoms with Crippen molar-refractivity contribution in [1.29, 1.82) is 5.41 Å². The molecule has 5 nitrogen and oxygen atoms in total. The number of benzene rings is 1. The first kappa shape index (κ1) is 10.8. The van der Waals surface area contributed by atoms with Crippen LogP contribution >= 0.6 is 7.60 Å². The molecule has 1 atom stereocenters. The standard InChI is InChI=1S/C8H10N2O3P/c1-14(11,12)13-7-4-2-6(3-5-7)8(9)10/h2-5H,1H2,(H3,9,10)(H,11,12). The summed E-state index contributed by atoms with van der Waals surface area (Å²) in [4.78, 5) is 8.80. The van der Waals surface area contributed by atoms with Crippen molar-refractivity contribution in [3.63, 3.8) is 0 Å². The molecule has 0 saturated carbocycles. The number of nitrogen functional groups attached to an aromatic ring is 1.